The summed E-state index contributed by atoms with van der Waals surface area (Å²) in [7, 11) is 0. The van der Waals surface area contributed by atoms with Crippen LogP contribution in [0.3, 0.4) is 0 Å². The molecule has 4 fully saturated rings. The van der Waals surface area contributed by atoms with E-state index in [2.05, 4.69) is 31.7 Å². The Morgan fingerprint density at radius 2 is 1.85 bits per heavy atom. The molecule has 0 aromatic heterocycles. The van der Waals surface area contributed by atoms with Gasteiger partial charge in [0.25, 0.3) is 0 Å². The number of ketones is 1. The molecule has 0 amide bonds. The van der Waals surface area contributed by atoms with Crippen LogP contribution >= 0.6 is 0 Å². The minimum atomic E-state index is -0.00267. The number of Topliss-reactive ketones (excluding diaryl/α,β-unsaturated/α-hetero) is 1. The number of nitrogens with zero attached hydrogens (tertiary/aromatic N) is 1. The summed E-state index contributed by atoms with van der Waals surface area (Å²) in [6.07, 6.45) is 14.9. The smallest absolute Gasteiger partial charge is 0.307 e. The topological polar surface area (TPSA) is 46.6 Å². The highest BCUT2D eigenvalue weighted by Gasteiger charge is 2.61. The third kappa shape index (κ3) is 4.20. The summed E-state index contributed by atoms with van der Waals surface area (Å²) >= 11 is 0. The molecular formula is C30H47NO3. The molecule has 1 aliphatic heterocycles. The van der Waals surface area contributed by atoms with Gasteiger partial charge in [0, 0.05) is 18.9 Å². The summed E-state index contributed by atoms with van der Waals surface area (Å²) in [6.45, 7) is 12.2. The van der Waals surface area contributed by atoms with E-state index in [9.17, 15) is 9.59 Å². The molecule has 8 atom stereocenters. The van der Waals surface area contributed by atoms with Crippen molar-refractivity contribution in [1.29, 1.82) is 0 Å². The number of piperidine rings is 1. The molecule has 4 heteroatoms. The van der Waals surface area contributed by atoms with Crippen molar-refractivity contribution in [3.8, 4) is 0 Å². The first-order valence-electron chi connectivity index (χ1n) is 14.3. The summed E-state index contributed by atoms with van der Waals surface area (Å²) < 4.78 is 6.01. The molecule has 0 spiro atoms. The van der Waals surface area contributed by atoms with Crippen LogP contribution in [0.1, 0.15) is 98.3 Å². The Morgan fingerprint density at radius 3 is 2.59 bits per heavy atom. The molecule has 4 nitrogen and oxygen atoms in total. The number of hydrogen-bond donors (Lipinski definition) is 0. The zero-order valence-corrected chi connectivity index (χ0v) is 22.1. The van der Waals surface area contributed by atoms with Gasteiger partial charge in [0.05, 0.1) is 6.42 Å². The van der Waals surface area contributed by atoms with E-state index in [4.69, 9.17) is 4.74 Å². The predicted molar refractivity (Wildman–Crippen MR) is 135 cm³/mol. The first kappa shape index (κ1) is 24.5. The molecule has 34 heavy (non-hydrogen) atoms. The lowest BCUT2D eigenvalue weighted by molar-refractivity contribution is -0.152. The lowest BCUT2D eigenvalue weighted by Crippen LogP contribution is -2.51. The van der Waals surface area contributed by atoms with Gasteiger partial charge < -0.3 is 9.64 Å². The van der Waals surface area contributed by atoms with Crippen LogP contribution in [0.5, 0.6) is 0 Å². The maximum atomic E-state index is 12.6. The normalized spacial score (nSPS) is 44.4. The van der Waals surface area contributed by atoms with Crippen LogP contribution in [0, 0.1) is 40.4 Å². The lowest BCUT2D eigenvalue weighted by atomic mass is 9.47. The highest BCUT2D eigenvalue weighted by atomic mass is 16.5. The molecular weight excluding hydrogens is 422 g/mol. The van der Waals surface area contributed by atoms with Gasteiger partial charge in [0.1, 0.15) is 11.9 Å². The van der Waals surface area contributed by atoms with Crippen molar-refractivity contribution in [2.24, 2.45) is 40.4 Å². The molecule has 4 aliphatic carbocycles. The van der Waals surface area contributed by atoms with Gasteiger partial charge in [0.15, 0.2) is 0 Å². The van der Waals surface area contributed by atoms with E-state index in [1.165, 1.54) is 38.5 Å². The molecule has 1 heterocycles. The molecule has 0 unspecified atom stereocenters. The number of esters is 1. The fourth-order valence-corrected chi connectivity index (χ4v) is 9.63. The fraction of sp³-hybridized carbons (Fsp3) is 0.867. The second kappa shape index (κ2) is 9.37. The van der Waals surface area contributed by atoms with Crippen LogP contribution in [0.25, 0.3) is 0 Å². The fourth-order valence-electron chi connectivity index (χ4n) is 9.63. The number of likely N-dealkylation sites (tertiary alicyclic amines) is 1. The Morgan fingerprint density at radius 1 is 1.09 bits per heavy atom. The van der Waals surface area contributed by atoms with Crippen LogP contribution in [-0.2, 0) is 14.3 Å². The maximum absolute atomic E-state index is 12.6. The summed E-state index contributed by atoms with van der Waals surface area (Å²) in [5, 5.41) is 0. The van der Waals surface area contributed by atoms with Gasteiger partial charge in [0.2, 0.25) is 0 Å². The van der Waals surface area contributed by atoms with Crippen LogP contribution in [0.15, 0.2) is 11.6 Å². The van der Waals surface area contributed by atoms with Crippen LogP contribution in [-0.4, -0.2) is 42.4 Å². The largest absolute Gasteiger partial charge is 0.462 e. The van der Waals surface area contributed by atoms with Crippen LogP contribution < -0.4 is 0 Å². The van der Waals surface area contributed by atoms with Crippen LogP contribution in [0.2, 0.25) is 0 Å². The van der Waals surface area contributed by atoms with Gasteiger partial charge in [-0.3, -0.25) is 9.59 Å². The average molecular weight is 470 g/mol. The zero-order valence-electron chi connectivity index (χ0n) is 22.1. The molecule has 0 aromatic rings. The minimum absolute atomic E-state index is 0.00267. The highest BCUT2D eigenvalue weighted by molar-refractivity contribution is 5.80. The molecule has 1 saturated heterocycles. The summed E-state index contributed by atoms with van der Waals surface area (Å²) in [6, 6.07) is 0. The Labute approximate surface area is 207 Å². The lowest BCUT2D eigenvalue weighted by Gasteiger charge is -2.58. The van der Waals surface area contributed by atoms with Crippen molar-refractivity contribution < 1.29 is 14.3 Å². The van der Waals surface area contributed by atoms with Crippen molar-refractivity contribution >= 4 is 11.8 Å². The molecule has 0 bridgehead atoms. The predicted octanol–water partition coefficient (Wildman–Crippen LogP) is 6.19. The Hall–Kier alpha value is -1.16. The number of allylic oxidation sites excluding steroid dienone is 1. The number of carbonyl (C=O) groups excluding carboxylic acids is 2. The molecule has 5 aliphatic rings. The highest BCUT2D eigenvalue weighted by Crippen LogP contribution is 2.67. The number of carbonyl (C=O) groups is 2. The van der Waals surface area contributed by atoms with E-state index < -0.39 is 0 Å². The van der Waals surface area contributed by atoms with Crippen molar-refractivity contribution in [2.75, 3.05) is 19.6 Å². The number of ether oxygens (including phenoxy) is 1. The van der Waals surface area contributed by atoms with Gasteiger partial charge in [-0.2, -0.15) is 0 Å². The summed E-state index contributed by atoms with van der Waals surface area (Å²) in [4.78, 5) is 27.6. The van der Waals surface area contributed by atoms with E-state index in [0.717, 1.165) is 51.2 Å². The van der Waals surface area contributed by atoms with E-state index in [1.807, 2.05) is 6.92 Å². The maximum Gasteiger partial charge on any atom is 0.307 e. The second-order valence-corrected chi connectivity index (χ2v) is 13.1. The Balaban J connectivity index is 1.22. The van der Waals surface area contributed by atoms with Crippen molar-refractivity contribution in [3.63, 3.8) is 0 Å². The first-order chi connectivity index (χ1) is 16.2. The van der Waals surface area contributed by atoms with Crippen molar-refractivity contribution in [1.82, 2.24) is 4.90 Å². The van der Waals surface area contributed by atoms with E-state index in [-0.39, 0.29) is 28.8 Å². The molecule has 0 N–H and O–H groups in total. The van der Waals surface area contributed by atoms with Gasteiger partial charge in [-0.1, -0.05) is 38.8 Å². The molecule has 0 aromatic carbocycles. The third-order valence-corrected chi connectivity index (χ3v) is 11.2. The first-order valence-corrected chi connectivity index (χ1v) is 14.3. The number of fused-ring (bicyclic) bond motifs is 5. The monoisotopic (exact) mass is 469 g/mol. The zero-order chi connectivity index (χ0) is 24.1. The van der Waals surface area contributed by atoms with E-state index >= 15 is 0 Å². The van der Waals surface area contributed by atoms with E-state index in [1.54, 1.807) is 5.57 Å². The average Bonchev–Trinajstić information content (AvgIpc) is 3.08. The molecule has 3 saturated carbocycles. The van der Waals surface area contributed by atoms with Crippen molar-refractivity contribution in [3.05, 3.63) is 11.6 Å². The van der Waals surface area contributed by atoms with Gasteiger partial charge >= 0.3 is 5.97 Å². The third-order valence-electron chi connectivity index (χ3n) is 11.2. The van der Waals surface area contributed by atoms with Crippen LogP contribution in [0.4, 0.5) is 0 Å². The SMILES string of the molecule is CC(=O)[C@@H]1[C@H](C)C[C@H]2[C@@H]3CC=C4C[C@H](OC(=O)CCN5CCCCC5)CC[C@]4(C)[C@@H]3CC[C@]12C. The second-order valence-electron chi connectivity index (χ2n) is 13.1. The molecule has 0 radical (unpaired) electrons. The van der Waals surface area contributed by atoms with E-state index in [0.29, 0.717) is 30.0 Å². The van der Waals surface area contributed by atoms with Gasteiger partial charge in [-0.05, 0) is 106 Å². The quantitative estimate of drug-likeness (QED) is 0.356. The number of hydrogen-bond acceptors (Lipinski definition) is 4. The van der Waals surface area contributed by atoms with Gasteiger partial charge in [-0.25, -0.2) is 0 Å². The molecule has 190 valence electrons. The number of rotatable bonds is 5. The Kier molecular flexibility index (Phi) is 6.76. The summed E-state index contributed by atoms with van der Waals surface area (Å²) in [5.41, 5.74) is 2.00. The van der Waals surface area contributed by atoms with Crippen molar-refractivity contribution in [2.45, 2.75) is 104 Å². The minimum Gasteiger partial charge on any atom is -0.462 e. The standard InChI is InChI=1S/C30H47NO3/c1-20-18-26-24-9-8-22-19-23(34-27(33)12-17-31-15-6-5-7-16-31)10-13-29(22,3)25(24)11-14-30(26,4)28(20)21(2)32/h8,20,23-26,28H,5-7,9-19H2,1-4H3/t20-,23-,24-,25-,26+,28+,29+,30+/m1/s1. The Bertz CT molecular complexity index is 829. The summed E-state index contributed by atoms with van der Waals surface area (Å²) in [5.74, 6) is 3.28. The molecule has 5 rings (SSSR count). The van der Waals surface area contributed by atoms with Gasteiger partial charge in [-0.15, -0.1) is 0 Å².